The van der Waals surface area contributed by atoms with Crippen molar-refractivity contribution in [1.82, 2.24) is 9.97 Å². The number of nitrogens with two attached hydrogens (primary N) is 1. The van der Waals surface area contributed by atoms with E-state index in [9.17, 15) is 0 Å². The SMILES string of the molecule is CSCCCCCCNc1nccc(C(N)=S)n1. The van der Waals surface area contributed by atoms with Crippen LogP contribution in [-0.2, 0) is 0 Å². The minimum absolute atomic E-state index is 0.303. The molecule has 0 bridgehead atoms. The molecule has 1 aromatic heterocycles. The molecule has 3 N–H and O–H groups in total. The van der Waals surface area contributed by atoms with Crippen molar-refractivity contribution in [3.63, 3.8) is 0 Å². The molecule has 0 atom stereocenters. The third-order valence-corrected chi connectivity index (χ3v) is 3.37. The Morgan fingerprint density at radius 3 is 2.89 bits per heavy atom. The third-order valence-electron chi connectivity index (χ3n) is 2.47. The van der Waals surface area contributed by atoms with Crippen molar-refractivity contribution < 1.29 is 0 Å². The monoisotopic (exact) mass is 284 g/mol. The predicted octanol–water partition coefficient (Wildman–Crippen LogP) is 2.45. The summed E-state index contributed by atoms with van der Waals surface area (Å²) in [4.78, 5) is 8.66. The fourth-order valence-electron chi connectivity index (χ4n) is 1.51. The van der Waals surface area contributed by atoms with E-state index in [-0.39, 0.29) is 0 Å². The average molecular weight is 284 g/mol. The fourth-order valence-corrected chi connectivity index (χ4v) is 2.11. The Hall–Kier alpha value is -0.880. The molecule has 0 aliphatic rings. The summed E-state index contributed by atoms with van der Waals surface area (Å²) in [6.45, 7) is 0.889. The van der Waals surface area contributed by atoms with E-state index in [1.54, 1.807) is 12.3 Å². The summed E-state index contributed by atoms with van der Waals surface area (Å²) < 4.78 is 0. The molecule has 100 valence electrons. The lowest BCUT2D eigenvalue weighted by Gasteiger charge is -2.05. The molecule has 1 heterocycles. The van der Waals surface area contributed by atoms with Gasteiger partial charge in [-0.15, -0.1) is 0 Å². The highest BCUT2D eigenvalue weighted by molar-refractivity contribution is 7.98. The van der Waals surface area contributed by atoms with E-state index in [1.807, 2.05) is 11.8 Å². The van der Waals surface area contributed by atoms with Gasteiger partial charge in [0.15, 0.2) is 0 Å². The van der Waals surface area contributed by atoms with Crippen LogP contribution >= 0.6 is 24.0 Å². The quantitative estimate of drug-likeness (QED) is 0.536. The second-order valence-corrected chi connectivity index (χ2v) is 5.39. The Balaban J connectivity index is 2.19. The molecule has 0 spiro atoms. The molecule has 18 heavy (non-hydrogen) atoms. The van der Waals surface area contributed by atoms with Crippen LogP contribution in [-0.4, -0.2) is 33.5 Å². The summed E-state index contributed by atoms with van der Waals surface area (Å²) in [6, 6.07) is 1.72. The smallest absolute Gasteiger partial charge is 0.223 e. The third kappa shape index (κ3) is 6.16. The Morgan fingerprint density at radius 1 is 1.39 bits per heavy atom. The maximum Gasteiger partial charge on any atom is 0.223 e. The number of thioether (sulfide) groups is 1. The number of aromatic nitrogens is 2. The van der Waals surface area contributed by atoms with Gasteiger partial charge in [-0.2, -0.15) is 11.8 Å². The molecule has 0 fully saturated rings. The number of hydrogen-bond donors (Lipinski definition) is 2. The maximum absolute atomic E-state index is 5.52. The zero-order valence-electron chi connectivity index (χ0n) is 10.7. The number of unbranched alkanes of at least 4 members (excludes halogenated alkanes) is 3. The van der Waals surface area contributed by atoms with Crippen molar-refractivity contribution >= 4 is 34.9 Å². The number of nitrogens with one attached hydrogen (secondary N) is 1. The first-order valence-corrected chi connectivity index (χ1v) is 7.90. The molecule has 4 nitrogen and oxygen atoms in total. The van der Waals surface area contributed by atoms with Crippen LogP contribution in [0.25, 0.3) is 0 Å². The number of thiocarbonyl (C=S) groups is 1. The first kappa shape index (κ1) is 15.2. The molecule has 6 heteroatoms. The Kier molecular flexibility index (Phi) is 7.68. The van der Waals surface area contributed by atoms with Crippen LogP contribution in [0.2, 0.25) is 0 Å². The molecule has 0 unspecified atom stereocenters. The summed E-state index contributed by atoms with van der Waals surface area (Å²) in [5.74, 6) is 1.86. The van der Waals surface area contributed by atoms with E-state index in [1.165, 1.54) is 25.0 Å². The van der Waals surface area contributed by atoms with Gasteiger partial charge in [0.2, 0.25) is 5.95 Å². The largest absolute Gasteiger partial charge is 0.388 e. The minimum Gasteiger partial charge on any atom is -0.388 e. The summed E-state index contributed by atoms with van der Waals surface area (Å²) >= 11 is 6.78. The zero-order valence-corrected chi connectivity index (χ0v) is 12.3. The number of anilines is 1. The van der Waals surface area contributed by atoms with Gasteiger partial charge >= 0.3 is 0 Å². The van der Waals surface area contributed by atoms with Crippen molar-refractivity contribution in [2.24, 2.45) is 5.73 Å². The van der Waals surface area contributed by atoms with E-state index in [0.717, 1.165) is 13.0 Å². The van der Waals surface area contributed by atoms with Crippen molar-refractivity contribution in [3.8, 4) is 0 Å². The Morgan fingerprint density at radius 2 is 2.17 bits per heavy atom. The van der Waals surface area contributed by atoms with Crippen LogP contribution in [0.1, 0.15) is 31.4 Å². The number of rotatable bonds is 9. The fraction of sp³-hybridized carbons (Fsp3) is 0.583. The lowest BCUT2D eigenvalue weighted by atomic mass is 10.2. The van der Waals surface area contributed by atoms with Crippen molar-refractivity contribution in [3.05, 3.63) is 18.0 Å². The van der Waals surface area contributed by atoms with Crippen LogP contribution < -0.4 is 11.1 Å². The van der Waals surface area contributed by atoms with Gasteiger partial charge in [-0.05, 0) is 30.9 Å². The van der Waals surface area contributed by atoms with Crippen molar-refractivity contribution in [2.45, 2.75) is 25.7 Å². The van der Waals surface area contributed by atoms with Crippen LogP contribution in [0.4, 0.5) is 5.95 Å². The molecule has 1 aromatic rings. The molecule has 0 aliphatic heterocycles. The normalized spacial score (nSPS) is 10.3. The van der Waals surface area contributed by atoms with Crippen molar-refractivity contribution in [1.29, 1.82) is 0 Å². The molecule has 0 amide bonds. The highest BCUT2D eigenvalue weighted by Gasteiger charge is 2.00. The van der Waals surface area contributed by atoms with Gasteiger partial charge in [-0.3, -0.25) is 0 Å². The Labute approximate surface area is 118 Å². The Bertz CT molecular complexity index is 371. The minimum atomic E-state index is 0.303. The van der Waals surface area contributed by atoms with Gasteiger partial charge in [0.25, 0.3) is 0 Å². The average Bonchev–Trinajstić information content (AvgIpc) is 2.38. The van der Waals surface area contributed by atoms with E-state index in [4.69, 9.17) is 18.0 Å². The highest BCUT2D eigenvalue weighted by atomic mass is 32.2. The van der Waals surface area contributed by atoms with Crippen LogP contribution in [0.5, 0.6) is 0 Å². The van der Waals surface area contributed by atoms with E-state index < -0.39 is 0 Å². The highest BCUT2D eigenvalue weighted by Crippen LogP contribution is 2.05. The zero-order chi connectivity index (χ0) is 13.2. The molecule has 0 aromatic carbocycles. The summed E-state index contributed by atoms with van der Waals surface area (Å²) in [6.07, 6.45) is 8.78. The molecule has 0 saturated carbocycles. The van der Waals surface area contributed by atoms with E-state index in [2.05, 4.69) is 21.5 Å². The lowest BCUT2D eigenvalue weighted by molar-refractivity contribution is 0.687. The van der Waals surface area contributed by atoms with Gasteiger partial charge in [0.1, 0.15) is 10.7 Å². The standard InChI is InChI=1S/C12H20N4S2/c1-18-9-5-3-2-4-7-14-12-15-8-6-10(16-12)11(13)17/h6,8H,2-5,7,9H2,1H3,(H2,13,17)(H,14,15,16). The first-order chi connectivity index (χ1) is 8.74. The molecular formula is C12H20N4S2. The molecule has 1 rings (SSSR count). The summed E-state index contributed by atoms with van der Waals surface area (Å²) in [5.41, 5.74) is 6.13. The topological polar surface area (TPSA) is 63.8 Å². The summed E-state index contributed by atoms with van der Waals surface area (Å²) in [5, 5.41) is 3.19. The van der Waals surface area contributed by atoms with Crippen LogP contribution in [0, 0.1) is 0 Å². The van der Waals surface area contributed by atoms with Gasteiger partial charge in [-0.25, -0.2) is 9.97 Å². The maximum atomic E-state index is 5.52. The van der Waals surface area contributed by atoms with E-state index in [0.29, 0.717) is 16.6 Å². The van der Waals surface area contributed by atoms with Gasteiger partial charge in [0, 0.05) is 12.7 Å². The second-order valence-electron chi connectivity index (χ2n) is 3.96. The van der Waals surface area contributed by atoms with E-state index >= 15 is 0 Å². The lowest BCUT2D eigenvalue weighted by Crippen LogP contribution is -2.14. The van der Waals surface area contributed by atoms with Gasteiger partial charge in [0.05, 0.1) is 0 Å². The van der Waals surface area contributed by atoms with Gasteiger partial charge < -0.3 is 11.1 Å². The number of nitrogens with zero attached hydrogens (tertiary/aromatic N) is 2. The van der Waals surface area contributed by atoms with Crippen LogP contribution in [0.3, 0.4) is 0 Å². The molecule has 0 saturated heterocycles. The summed E-state index contributed by atoms with van der Waals surface area (Å²) in [7, 11) is 0. The van der Waals surface area contributed by atoms with Crippen molar-refractivity contribution in [2.75, 3.05) is 23.9 Å². The predicted molar refractivity (Wildman–Crippen MR) is 83.3 cm³/mol. The van der Waals surface area contributed by atoms with Gasteiger partial charge in [-0.1, -0.05) is 25.1 Å². The number of hydrogen-bond acceptors (Lipinski definition) is 5. The molecule has 0 radical (unpaired) electrons. The molecule has 0 aliphatic carbocycles. The first-order valence-electron chi connectivity index (χ1n) is 6.09. The van der Waals surface area contributed by atoms with Crippen LogP contribution in [0.15, 0.2) is 12.3 Å². The molecular weight excluding hydrogens is 264 g/mol. The second kappa shape index (κ2) is 9.10.